The Morgan fingerprint density at radius 2 is 1.67 bits per heavy atom. The van der Waals surface area contributed by atoms with Gasteiger partial charge in [-0.25, -0.2) is 13.2 Å². The third-order valence-electron chi connectivity index (χ3n) is 5.63. The van der Waals surface area contributed by atoms with Crippen molar-refractivity contribution >= 4 is 21.9 Å². The Labute approximate surface area is 194 Å². The van der Waals surface area contributed by atoms with Gasteiger partial charge in [-0.05, 0) is 49.2 Å². The van der Waals surface area contributed by atoms with Crippen LogP contribution in [0.15, 0.2) is 59.5 Å². The van der Waals surface area contributed by atoms with E-state index < -0.39 is 28.5 Å². The molecule has 0 bridgehead atoms. The average Bonchev–Trinajstić information content (AvgIpc) is 2.86. The summed E-state index contributed by atoms with van der Waals surface area (Å²) in [7, 11) is -2.03. The molecule has 0 atom stereocenters. The van der Waals surface area contributed by atoms with Crippen molar-refractivity contribution < 1.29 is 27.5 Å². The van der Waals surface area contributed by atoms with Gasteiger partial charge in [-0.15, -0.1) is 0 Å². The Bertz CT molecular complexity index is 1020. The molecule has 178 valence electrons. The Morgan fingerprint density at radius 3 is 2.33 bits per heavy atom. The number of sulfonamides is 1. The number of carbonyl (C=O) groups excluding carboxylic acids is 2. The Hall–Kier alpha value is -2.91. The molecule has 0 saturated heterocycles. The number of esters is 1. The molecule has 1 fully saturated rings. The van der Waals surface area contributed by atoms with Crippen LogP contribution >= 0.6 is 0 Å². The summed E-state index contributed by atoms with van der Waals surface area (Å²) >= 11 is 0. The largest absolute Gasteiger partial charge is 0.492 e. The van der Waals surface area contributed by atoms with E-state index in [0.29, 0.717) is 5.75 Å². The molecule has 2 aromatic carbocycles. The van der Waals surface area contributed by atoms with Gasteiger partial charge in [0.2, 0.25) is 10.0 Å². The lowest BCUT2D eigenvalue weighted by Gasteiger charge is -2.30. The highest BCUT2D eigenvalue weighted by molar-refractivity contribution is 7.89. The second kappa shape index (κ2) is 11.8. The fourth-order valence-corrected chi connectivity index (χ4v) is 5.13. The number of amides is 1. The van der Waals surface area contributed by atoms with E-state index >= 15 is 0 Å². The summed E-state index contributed by atoms with van der Waals surface area (Å²) < 4.78 is 37.7. The Balaban J connectivity index is 1.44. The number of rotatable bonds is 10. The predicted molar refractivity (Wildman–Crippen MR) is 123 cm³/mol. The maximum Gasteiger partial charge on any atom is 0.338 e. The number of carbonyl (C=O) groups is 2. The van der Waals surface area contributed by atoms with Crippen LogP contribution in [0.2, 0.25) is 0 Å². The second-order valence-electron chi connectivity index (χ2n) is 7.93. The normalized spacial score (nSPS) is 14.6. The fourth-order valence-electron chi connectivity index (χ4n) is 3.71. The van der Waals surface area contributed by atoms with Gasteiger partial charge >= 0.3 is 5.97 Å². The third kappa shape index (κ3) is 7.03. The molecule has 1 amide bonds. The molecular formula is C24H30N2O6S. The van der Waals surface area contributed by atoms with Crippen LogP contribution in [0, 0.1) is 0 Å². The molecule has 8 nitrogen and oxygen atoms in total. The summed E-state index contributed by atoms with van der Waals surface area (Å²) in [5.74, 6) is -0.447. The number of benzene rings is 2. The minimum Gasteiger partial charge on any atom is -0.492 e. The summed E-state index contributed by atoms with van der Waals surface area (Å²) in [6, 6.07) is 14.8. The van der Waals surface area contributed by atoms with Crippen molar-refractivity contribution in [1.29, 1.82) is 0 Å². The molecule has 33 heavy (non-hydrogen) atoms. The number of nitrogens with one attached hydrogen (secondary N) is 1. The lowest BCUT2D eigenvalue weighted by atomic mass is 9.96. The topological polar surface area (TPSA) is 102 Å². The number of ether oxygens (including phenoxy) is 2. The molecule has 0 aliphatic heterocycles. The summed E-state index contributed by atoms with van der Waals surface area (Å²) in [4.78, 5) is 24.2. The number of para-hydroxylation sites is 1. The summed E-state index contributed by atoms with van der Waals surface area (Å²) in [6.45, 7) is 0.121. The molecule has 1 aliphatic rings. The molecule has 0 spiro atoms. The molecular weight excluding hydrogens is 444 g/mol. The Kier molecular flexibility index (Phi) is 8.85. The molecule has 9 heteroatoms. The lowest BCUT2D eigenvalue weighted by molar-refractivity contribution is -0.124. The standard InChI is InChI=1S/C24H30N2O6S/c1-26(20-8-4-2-5-9-20)33(29,30)22-14-12-19(13-15-22)24(28)32-18-23(27)25-16-17-31-21-10-6-3-7-11-21/h3,6-7,10-15,20H,2,4-5,8-9,16-18H2,1H3,(H,25,27). The van der Waals surface area contributed by atoms with Gasteiger partial charge < -0.3 is 14.8 Å². The molecule has 2 aromatic rings. The number of nitrogens with zero attached hydrogens (tertiary/aromatic N) is 1. The van der Waals surface area contributed by atoms with Crippen LogP contribution < -0.4 is 10.1 Å². The first-order chi connectivity index (χ1) is 15.9. The van der Waals surface area contributed by atoms with E-state index in [2.05, 4.69) is 5.32 Å². The number of hydrogen-bond donors (Lipinski definition) is 1. The first kappa shape index (κ1) is 24.7. The molecule has 0 heterocycles. The van der Waals surface area contributed by atoms with Gasteiger partial charge in [0.15, 0.2) is 6.61 Å². The van der Waals surface area contributed by atoms with Gasteiger partial charge in [0.25, 0.3) is 5.91 Å². The first-order valence-electron chi connectivity index (χ1n) is 11.1. The molecule has 0 radical (unpaired) electrons. The zero-order valence-corrected chi connectivity index (χ0v) is 19.6. The number of hydrogen-bond acceptors (Lipinski definition) is 6. The van der Waals surface area contributed by atoms with Crippen LogP contribution in [-0.4, -0.2) is 57.4 Å². The predicted octanol–water partition coefficient (Wildman–Crippen LogP) is 2.99. The minimum atomic E-state index is -3.63. The molecule has 1 saturated carbocycles. The van der Waals surface area contributed by atoms with Gasteiger partial charge in [-0.3, -0.25) is 4.79 Å². The third-order valence-corrected chi connectivity index (χ3v) is 7.55. The van der Waals surface area contributed by atoms with E-state index in [-0.39, 0.29) is 29.7 Å². The van der Waals surface area contributed by atoms with Crippen LogP contribution in [0.25, 0.3) is 0 Å². The van der Waals surface area contributed by atoms with Gasteiger partial charge in [0, 0.05) is 13.1 Å². The van der Waals surface area contributed by atoms with Crippen LogP contribution in [0.1, 0.15) is 42.5 Å². The zero-order valence-electron chi connectivity index (χ0n) is 18.7. The van der Waals surface area contributed by atoms with Gasteiger partial charge in [-0.2, -0.15) is 4.31 Å². The van der Waals surface area contributed by atoms with Crippen molar-refractivity contribution in [2.75, 3.05) is 26.8 Å². The molecule has 3 rings (SSSR count). The molecule has 0 aromatic heterocycles. The van der Waals surface area contributed by atoms with Crippen molar-refractivity contribution in [3.63, 3.8) is 0 Å². The van der Waals surface area contributed by atoms with Crippen LogP contribution in [0.5, 0.6) is 5.75 Å². The minimum absolute atomic E-state index is 0.00463. The van der Waals surface area contributed by atoms with Gasteiger partial charge in [0.05, 0.1) is 17.0 Å². The van der Waals surface area contributed by atoms with Crippen molar-refractivity contribution in [2.45, 2.75) is 43.0 Å². The highest BCUT2D eigenvalue weighted by atomic mass is 32.2. The van der Waals surface area contributed by atoms with Crippen molar-refractivity contribution in [3.05, 3.63) is 60.2 Å². The van der Waals surface area contributed by atoms with E-state index in [0.717, 1.165) is 32.1 Å². The van der Waals surface area contributed by atoms with Crippen LogP contribution in [0.4, 0.5) is 0 Å². The summed E-state index contributed by atoms with van der Waals surface area (Å²) in [6.07, 6.45) is 4.92. The SMILES string of the molecule is CN(C1CCCCC1)S(=O)(=O)c1ccc(C(=O)OCC(=O)NCCOc2ccccc2)cc1. The molecule has 1 aliphatic carbocycles. The molecule has 0 unspecified atom stereocenters. The maximum absolute atomic E-state index is 12.9. The Morgan fingerprint density at radius 1 is 1.00 bits per heavy atom. The lowest BCUT2D eigenvalue weighted by Crippen LogP contribution is -2.38. The summed E-state index contributed by atoms with van der Waals surface area (Å²) in [5, 5.41) is 2.61. The highest BCUT2D eigenvalue weighted by Crippen LogP contribution is 2.26. The van der Waals surface area contributed by atoms with E-state index in [1.165, 1.54) is 28.6 Å². The van der Waals surface area contributed by atoms with E-state index in [4.69, 9.17) is 9.47 Å². The quantitative estimate of drug-likeness (QED) is 0.420. The smallest absolute Gasteiger partial charge is 0.338 e. The zero-order chi connectivity index (χ0) is 23.7. The first-order valence-corrected chi connectivity index (χ1v) is 12.5. The van der Waals surface area contributed by atoms with Crippen molar-refractivity contribution in [2.24, 2.45) is 0 Å². The van der Waals surface area contributed by atoms with Gasteiger partial charge in [0.1, 0.15) is 12.4 Å². The second-order valence-corrected chi connectivity index (χ2v) is 9.92. The highest BCUT2D eigenvalue weighted by Gasteiger charge is 2.29. The van der Waals surface area contributed by atoms with Crippen LogP contribution in [-0.2, 0) is 19.6 Å². The van der Waals surface area contributed by atoms with Crippen LogP contribution in [0.3, 0.4) is 0 Å². The van der Waals surface area contributed by atoms with E-state index in [1.54, 1.807) is 7.05 Å². The monoisotopic (exact) mass is 474 g/mol. The van der Waals surface area contributed by atoms with E-state index in [1.807, 2.05) is 30.3 Å². The average molecular weight is 475 g/mol. The maximum atomic E-state index is 12.9. The van der Waals surface area contributed by atoms with Crippen molar-refractivity contribution in [3.8, 4) is 5.75 Å². The fraction of sp³-hybridized carbons (Fsp3) is 0.417. The summed E-state index contributed by atoms with van der Waals surface area (Å²) in [5.41, 5.74) is 0.175. The van der Waals surface area contributed by atoms with Crippen molar-refractivity contribution in [1.82, 2.24) is 9.62 Å². The van der Waals surface area contributed by atoms with Gasteiger partial charge in [-0.1, -0.05) is 37.5 Å². The van der Waals surface area contributed by atoms with E-state index in [9.17, 15) is 18.0 Å². The molecule has 1 N–H and O–H groups in total.